The van der Waals surface area contributed by atoms with Crippen LogP contribution >= 0.6 is 0 Å². The topological polar surface area (TPSA) is 25.8 Å². The smallest absolute Gasteiger partial charge is 0.137 e. The lowest BCUT2D eigenvalue weighted by Crippen LogP contribution is -2.54. The van der Waals surface area contributed by atoms with E-state index < -0.39 is 8.07 Å². The minimum Gasteiger partial charge on any atom is -0.254 e. The maximum Gasteiger partial charge on any atom is 0.137 e. The molecule has 2 nitrogen and oxygen atoms in total. The van der Waals surface area contributed by atoms with Crippen LogP contribution in [-0.2, 0) is 0 Å². The summed E-state index contributed by atoms with van der Waals surface area (Å²) in [5, 5.41) is 2.55. The van der Waals surface area contributed by atoms with E-state index in [-0.39, 0.29) is 0 Å². The van der Waals surface area contributed by atoms with E-state index in [0.717, 1.165) is 16.4 Å². The van der Waals surface area contributed by atoms with Gasteiger partial charge in [-0.15, -0.1) is 0 Å². The highest BCUT2D eigenvalue weighted by molar-refractivity contribution is 6.99. The molecule has 3 heteroatoms. The van der Waals surface area contributed by atoms with Gasteiger partial charge in [0, 0.05) is 11.5 Å². The van der Waals surface area contributed by atoms with E-state index in [0.29, 0.717) is 0 Å². The molecule has 23 heavy (non-hydrogen) atoms. The molecular formula is C20H24N2Si. The number of benzene rings is 2. The number of aromatic nitrogens is 2. The molecule has 1 heterocycles. The highest BCUT2D eigenvalue weighted by Crippen LogP contribution is 2.25. The van der Waals surface area contributed by atoms with E-state index in [1.165, 1.54) is 27.4 Å². The number of hydrogen-bond donors (Lipinski definition) is 0. The Labute approximate surface area is 139 Å². The number of fused-ring (bicyclic) bond motifs is 1. The van der Waals surface area contributed by atoms with Crippen molar-refractivity contribution < 1.29 is 0 Å². The second kappa shape index (κ2) is 5.57. The van der Waals surface area contributed by atoms with Gasteiger partial charge in [0.05, 0.1) is 11.0 Å². The summed E-state index contributed by atoms with van der Waals surface area (Å²) in [6.07, 6.45) is 2.00. The summed E-state index contributed by atoms with van der Waals surface area (Å²) in [6, 6.07) is 10.7. The van der Waals surface area contributed by atoms with Crippen LogP contribution < -0.4 is 10.5 Å². The van der Waals surface area contributed by atoms with Crippen molar-refractivity contribution in [3.05, 3.63) is 58.8 Å². The molecule has 3 rings (SSSR count). The summed E-state index contributed by atoms with van der Waals surface area (Å²) in [4.78, 5) is 9.89. The molecular weight excluding hydrogens is 296 g/mol. The van der Waals surface area contributed by atoms with Crippen molar-refractivity contribution in [3.63, 3.8) is 0 Å². The average molecular weight is 321 g/mol. The highest BCUT2D eigenvalue weighted by Gasteiger charge is 2.28. The van der Waals surface area contributed by atoms with Gasteiger partial charge in [0.25, 0.3) is 0 Å². The SMILES string of the molecule is Cc1c(C)c(C)c2nc([Si](C)(C)c3ccccc3)cnc2c1C. The van der Waals surface area contributed by atoms with Crippen molar-refractivity contribution in [3.8, 4) is 0 Å². The molecule has 0 spiro atoms. The molecule has 0 aliphatic rings. The molecule has 0 radical (unpaired) electrons. The minimum absolute atomic E-state index is 1.05. The number of nitrogens with zero attached hydrogens (tertiary/aromatic N) is 2. The Morgan fingerprint density at radius 1 is 0.739 bits per heavy atom. The lowest BCUT2D eigenvalue weighted by atomic mass is 9.97. The second-order valence-electron chi connectivity index (χ2n) is 6.94. The summed E-state index contributed by atoms with van der Waals surface area (Å²) in [5.41, 5.74) is 7.29. The predicted octanol–water partition coefficient (Wildman–Crippen LogP) is 3.69. The fourth-order valence-electron chi connectivity index (χ4n) is 3.15. The quantitative estimate of drug-likeness (QED) is 0.673. The first-order valence-corrected chi connectivity index (χ1v) is 11.1. The molecule has 0 fully saturated rings. The molecule has 2 aromatic carbocycles. The summed E-state index contributed by atoms with van der Waals surface area (Å²) in [6.45, 7) is 13.4. The van der Waals surface area contributed by atoms with Gasteiger partial charge in [-0.25, -0.2) is 0 Å². The summed E-state index contributed by atoms with van der Waals surface area (Å²) < 4.78 is 0. The Kier molecular flexibility index (Phi) is 3.84. The van der Waals surface area contributed by atoms with Gasteiger partial charge in [-0.2, -0.15) is 0 Å². The van der Waals surface area contributed by atoms with Crippen molar-refractivity contribution in [2.75, 3.05) is 0 Å². The fraction of sp³-hybridized carbons (Fsp3) is 0.300. The van der Waals surface area contributed by atoms with Crippen LogP contribution in [-0.4, -0.2) is 18.0 Å². The van der Waals surface area contributed by atoms with Crippen molar-refractivity contribution in [2.24, 2.45) is 0 Å². The first kappa shape index (κ1) is 15.9. The number of aryl methyl sites for hydroxylation is 2. The summed E-state index contributed by atoms with van der Waals surface area (Å²) in [7, 11) is -1.82. The van der Waals surface area contributed by atoms with Crippen LogP contribution in [0.4, 0.5) is 0 Å². The molecule has 0 aliphatic carbocycles. The van der Waals surface area contributed by atoms with Gasteiger partial charge in [0.15, 0.2) is 0 Å². The van der Waals surface area contributed by atoms with Crippen LogP contribution in [0.2, 0.25) is 13.1 Å². The van der Waals surface area contributed by atoms with E-state index in [4.69, 9.17) is 9.97 Å². The first-order chi connectivity index (χ1) is 10.8. The van der Waals surface area contributed by atoms with Crippen LogP contribution in [0.1, 0.15) is 22.3 Å². The summed E-state index contributed by atoms with van der Waals surface area (Å²) in [5.74, 6) is 0. The van der Waals surface area contributed by atoms with Gasteiger partial charge in [-0.05, 0) is 49.9 Å². The van der Waals surface area contributed by atoms with E-state index in [1.54, 1.807) is 0 Å². The van der Waals surface area contributed by atoms with Crippen molar-refractivity contribution in [1.29, 1.82) is 0 Å². The fourth-order valence-corrected chi connectivity index (χ4v) is 5.25. The molecule has 3 aromatic rings. The Hall–Kier alpha value is -2.00. The minimum atomic E-state index is -1.82. The van der Waals surface area contributed by atoms with Crippen molar-refractivity contribution >= 4 is 29.6 Å². The third-order valence-electron chi connectivity index (χ3n) is 5.31. The molecule has 0 saturated heterocycles. The van der Waals surface area contributed by atoms with Gasteiger partial charge in [-0.1, -0.05) is 48.6 Å². The van der Waals surface area contributed by atoms with E-state index in [1.807, 2.05) is 6.20 Å². The molecule has 0 aliphatic heterocycles. The Morgan fingerprint density at radius 3 is 1.91 bits per heavy atom. The van der Waals surface area contributed by atoms with Gasteiger partial charge < -0.3 is 0 Å². The maximum absolute atomic E-state index is 5.08. The molecule has 1 aromatic heterocycles. The molecule has 0 saturated carbocycles. The Morgan fingerprint density at radius 2 is 1.30 bits per heavy atom. The first-order valence-electron chi connectivity index (χ1n) is 8.13. The lowest BCUT2D eigenvalue weighted by Gasteiger charge is -2.23. The zero-order valence-corrected chi connectivity index (χ0v) is 15.9. The zero-order chi connectivity index (χ0) is 16.8. The highest BCUT2D eigenvalue weighted by atomic mass is 28.3. The van der Waals surface area contributed by atoms with Crippen LogP contribution in [0.5, 0.6) is 0 Å². The molecule has 118 valence electrons. The van der Waals surface area contributed by atoms with E-state index in [2.05, 4.69) is 71.1 Å². The largest absolute Gasteiger partial charge is 0.254 e. The second-order valence-corrected chi connectivity index (χ2v) is 11.3. The predicted molar refractivity (Wildman–Crippen MR) is 102 cm³/mol. The monoisotopic (exact) mass is 320 g/mol. The van der Waals surface area contributed by atoms with E-state index in [9.17, 15) is 0 Å². The zero-order valence-electron chi connectivity index (χ0n) is 14.9. The van der Waals surface area contributed by atoms with E-state index >= 15 is 0 Å². The van der Waals surface area contributed by atoms with Gasteiger partial charge >= 0.3 is 0 Å². The number of rotatable bonds is 2. The van der Waals surface area contributed by atoms with Gasteiger partial charge in [-0.3, -0.25) is 9.97 Å². The van der Waals surface area contributed by atoms with Gasteiger partial charge in [0.1, 0.15) is 8.07 Å². The Balaban J connectivity index is 2.25. The van der Waals surface area contributed by atoms with Crippen LogP contribution in [0, 0.1) is 27.7 Å². The third kappa shape index (κ3) is 2.49. The lowest BCUT2D eigenvalue weighted by molar-refractivity contribution is 1.20. The van der Waals surface area contributed by atoms with Crippen molar-refractivity contribution in [1.82, 2.24) is 9.97 Å². The average Bonchev–Trinajstić information content (AvgIpc) is 2.58. The van der Waals surface area contributed by atoms with Crippen LogP contribution in [0.25, 0.3) is 11.0 Å². The normalized spacial score (nSPS) is 11.9. The van der Waals surface area contributed by atoms with Crippen LogP contribution in [0.3, 0.4) is 0 Å². The van der Waals surface area contributed by atoms with Crippen LogP contribution in [0.15, 0.2) is 36.5 Å². The molecule has 0 bridgehead atoms. The molecule has 0 N–H and O–H groups in total. The van der Waals surface area contributed by atoms with Crippen molar-refractivity contribution in [2.45, 2.75) is 40.8 Å². The number of hydrogen-bond acceptors (Lipinski definition) is 2. The Bertz CT molecular complexity index is 883. The standard InChI is InChI=1S/C20H24N2Si/c1-13-14(2)16(4)20-19(15(13)3)21-12-18(22-20)23(5,6)17-10-8-7-9-11-17/h7-12H,1-6H3. The third-order valence-corrected chi connectivity index (χ3v) is 8.60. The maximum atomic E-state index is 5.08. The molecule has 0 amide bonds. The molecule has 0 atom stereocenters. The molecule has 0 unspecified atom stereocenters. The summed E-state index contributed by atoms with van der Waals surface area (Å²) >= 11 is 0. The van der Waals surface area contributed by atoms with Gasteiger partial charge in [0.2, 0.25) is 0 Å².